The molecule has 0 aromatic rings. The van der Waals surface area contributed by atoms with Crippen LogP contribution in [-0.4, -0.2) is 25.2 Å². The van der Waals surface area contributed by atoms with E-state index in [2.05, 4.69) is 24.5 Å². The number of nitrogens with one attached hydrogen (secondary N) is 2. The van der Waals surface area contributed by atoms with E-state index in [1.54, 1.807) is 0 Å². The molecule has 1 heterocycles. The molecule has 2 heteroatoms. The van der Waals surface area contributed by atoms with E-state index in [4.69, 9.17) is 0 Å². The molecule has 1 aliphatic rings. The smallest absolute Gasteiger partial charge is 0.0190 e. The van der Waals surface area contributed by atoms with Gasteiger partial charge in [0.25, 0.3) is 0 Å². The molecule has 2 nitrogen and oxygen atoms in total. The first kappa shape index (κ1) is 8.02. The zero-order chi connectivity index (χ0) is 7.40. The highest BCUT2D eigenvalue weighted by molar-refractivity contribution is 4.80. The molecule has 2 atom stereocenters. The first-order valence-electron chi connectivity index (χ1n) is 4.33. The summed E-state index contributed by atoms with van der Waals surface area (Å²) in [6.45, 7) is 6.75. The molecule has 60 valence electrons. The summed E-state index contributed by atoms with van der Waals surface area (Å²) < 4.78 is 0. The molecule has 0 aromatic carbocycles. The number of hydrogen-bond acceptors (Lipinski definition) is 2. The van der Waals surface area contributed by atoms with E-state index in [-0.39, 0.29) is 0 Å². The molecule has 1 rings (SSSR count). The highest BCUT2D eigenvalue weighted by atomic mass is 15.1. The third-order valence-corrected chi connectivity index (χ3v) is 2.29. The van der Waals surface area contributed by atoms with Crippen molar-refractivity contribution in [2.45, 2.75) is 38.8 Å². The minimum Gasteiger partial charge on any atom is -0.311 e. The van der Waals surface area contributed by atoms with Gasteiger partial charge in [-0.1, -0.05) is 13.8 Å². The van der Waals surface area contributed by atoms with Gasteiger partial charge in [0.15, 0.2) is 0 Å². The number of piperazine rings is 1. The van der Waals surface area contributed by atoms with Gasteiger partial charge in [0.05, 0.1) is 0 Å². The molecule has 0 bridgehead atoms. The fourth-order valence-corrected chi connectivity index (χ4v) is 1.34. The van der Waals surface area contributed by atoms with Crippen molar-refractivity contribution in [3.8, 4) is 0 Å². The van der Waals surface area contributed by atoms with Crippen LogP contribution in [0.2, 0.25) is 0 Å². The summed E-state index contributed by atoms with van der Waals surface area (Å²) in [7, 11) is 0. The molecular formula is C8H18N2. The highest BCUT2D eigenvalue weighted by Gasteiger charge is 2.15. The molecule has 0 aromatic heterocycles. The van der Waals surface area contributed by atoms with E-state index in [9.17, 15) is 0 Å². The minimum atomic E-state index is 0.711. The Balaban J connectivity index is 2.17. The number of hydrogen-bond donors (Lipinski definition) is 2. The largest absolute Gasteiger partial charge is 0.311 e. The van der Waals surface area contributed by atoms with Gasteiger partial charge in [0.2, 0.25) is 0 Å². The molecule has 1 saturated heterocycles. The second-order valence-corrected chi connectivity index (χ2v) is 3.03. The lowest BCUT2D eigenvalue weighted by molar-refractivity contribution is 0.334. The van der Waals surface area contributed by atoms with Crippen molar-refractivity contribution in [2.75, 3.05) is 13.1 Å². The first-order chi connectivity index (χ1) is 4.86. The quantitative estimate of drug-likeness (QED) is 0.594. The van der Waals surface area contributed by atoms with Crippen LogP contribution in [0.3, 0.4) is 0 Å². The molecule has 2 N–H and O–H groups in total. The Morgan fingerprint density at radius 1 is 1.00 bits per heavy atom. The van der Waals surface area contributed by atoms with E-state index in [1.807, 2.05) is 0 Å². The fourth-order valence-electron chi connectivity index (χ4n) is 1.34. The third kappa shape index (κ3) is 1.96. The van der Waals surface area contributed by atoms with Crippen molar-refractivity contribution in [2.24, 2.45) is 0 Å². The van der Waals surface area contributed by atoms with Crippen molar-refractivity contribution in [1.82, 2.24) is 10.6 Å². The molecule has 1 fully saturated rings. The topological polar surface area (TPSA) is 24.1 Å². The van der Waals surface area contributed by atoms with Crippen molar-refractivity contribution < 1.29 is 0 Å². The number of rotatable bonds is 2. The standard InChI is InChI=1S/C8H18N2/c1-3-7-5-10-8(4-2)6-9-7/h7-10H,3-6H2,1-2H3/t7-,8-/m0/s1. The normalized spacial score (nSPS) is 34.2. The summed E-state index contributed by atoms with van der Waals surface area (Å²) in [6, 6.07) is 1.42. The van der Waals surface area contributed by atoms with Crippen LogP contribution < -0.4 is 10.6 Å². The van der Waals surface area contributed by atoms with Crippen LogP contribution >= 0.6 is 0 Å². The van der Waals surface area contributed by atoms with Gasteiger partial charge >= 0.3 is 0 Å². The Morgan fingerprint density at radius 2 is 1.40 bits per heavy atom. The lowest BCUT2D eigenvalue weighted by Crippen LogP contribution is -2.53. The van der Waals surface area contributed by atoms with E-state index >= 15 is 0 Å². The summed E-state index contributed by atoms with van der Waals surface area (Å²) in [5, 5.41) is 7.01. The summed E-state index contributed by atoms with van der Waals surface area (Å²) in [5.74, 6) is 0. The summed E-state index contributed by atoms with van der Waals surface area (Å²) in [5.41, 5.74) is 0. The molecule has 0 aliphatic carbocycles. The Hall–Kier alpha value is -0.0800. The van der Waals surface area contributed by atoms with Crippen LogP contribution in [-0.2, 0) is 0 Å². The molecule has 0 radical (unpaired) electrons. The van der Waals surface area contributed by atoms with E-state index in [0.717, 1.165) is 13.1 Å². The van der Waals surface area contributed by atoms with Crippen LogP contribution in [0.1, 0.15) is 26.7 Å². The highest BCUT2D eigenvalue weighted by Crippen LogP contribution is 1.99. The molecule has 1 aliphatic heterocycles. The third-order valence-electron chi connectivity index (χ3n) is 2.29. The van der Waals surface area contributed by atoms with Crippen LogP contribution in [0, 0.1) is 0 Å². The molecule has 0 amide bonds. The predicted molar refractivity (Wildman–Crippen MR) is 44.2 cm³/mol. The Labute approximate surface area is 63.4 Å². The van der Waals surface area contributed by atoms with E-state index in [1.165, 1.54) is 12.8 Å². The van der Waals surface area contributed by atoms with E-state index in [0.29, 0.717) is 12.1 Å². The average Bonchev–Trinajstić information content (AvgIpc) is 2.05. The summed E-state index contributed by atoms with van der Waals surface area (Å²) in [6.07, 6.45) is 2.48. The first-order valence-corrected chi connectivity index (χ1v) is 4.33. The van der Waals surface area contributed by atoms with Crippen molar-refractivity contribution in [1.29, 1.82) is 0 Å². The lowest BCUT2D eigenvalue weighted by atomic mass is 10.1. The molecule has 10 heavy (non-hydrogen) atoms. The second-order valence-electron chi connectivity index (χ2n) is 3.03. The van der Waals surface area contributed by atoms with Gasteiger partial charge in [-0.15, -0.1) is 0 Å². The maximum atomic E-state index is 3.51. The second kappa shape index (κ2) is 3.94. The Bertz CT molecular complexity index is 73.3. The maximum absolute atomic E-state index is 3.51. The Kier molecular flexibility index (Phi) is 3.16. The van der Waals surface area contributed by atoms with Gasteiger partial charge in [-0.3, -0.25) is 0 Å². The molecule has 0 saturated carbocycles. The van der Waals surface area contributed by atoms with Crippen molar-refractivity contribution >= 4 is 0 Å². The van der Waals surface area contributed by atoms with Crippen molar-refractivity contribution in [3.05, 3.63) is 0 Å². The van der Waals surface area contributed by atoms with Crippen LogP contribution in [0.15, 0.2) is 0 Å². The molecule has 0 unspecified atom stereocenters. The molecular weight excluding hydrogens is 124 g/mol. The van der Waals surface area contributed by atoms with E-state index < -0.39 is 0 Å². The monoisotopic (exact) mass is 142 g/mol. The van der Waals surface area contributed by atoms with Gasteiger partial charge in [0, 0.05) is 25.2 Å². The summed E-state index contributed by atoms with van der Waals surface area (Å²) >= 11 is 0. The van der Waals surface area contributed by atoms with Crippen molar-refractivity contribution in [3.63, 3.8) is 0 Å². The SMILES string of the molecule is CC[C@H]1CN[C@@H](CC)CN1. The van der Waals surface area contributed by atoms with Gasteiger partial charge in [-0.2, -0.15) is 0 Å². The fraction of sp³-hybridized carbons (Fsp3) is 1.00. The van der Waals surface area contributed by atoms with Crippen LogP contribution in [0.5, 0.6) is 0 Å². The zero-order valence-electron chi connectivity index (χ0n) is 6.98. The summed E-state index contributed by atoms with van der Waals surface area (Å²) in [4.78, 5) is 0. The maximum Gasteiger partial charge on any atom is 0.0190 e. The minimum absolute atomic E-state index is 0.711. The van der Waals surface area contributed by atoms with Gasteiger partial charge in [-0.25, -0.2) is 0 Å². The average molecular weight is 142 g/mol. The van der Waals surface area contributed by atoms with Gasteiger partial charge in [-0.05, 0) is 12.8 Å². The van der Waals surface area contributed by atoms with Crippen LogP contribution in [0.4, 0.5) is 0 Å². The molecule has 0 spiro atoms. The van der Waals surface area contributed by atoms with Gasteiger partial charge in [0.1, 0.15) is 0 Å². The lowest BCUT2D eigenvalue weighted by Gasteiger charge is -2.29. The van der Waals surface area contributed by atoms with Gasteiger partial charge < -0.3 is 10.6 Å². The zero-order valence-corrected chi connectivity index (χ0v) is 6.98. The Morgan fingerprint density at radius 3 is 1.60 bits per heavy atom. The van der Waals surface area contributed by atoms with Crippen LogP contribution in [0.25, 0.3) is 0 Å². The predicted octanol–water partition coefficient (Wildman–Crippen LogP) is 0.736.